The topological polar surface area (TPSA) is 125 Å². The second-order valence-corrected chi connectivity index (χ2v) is 11.0. The quantitative estimate of drug-likeness (QED) is 0.279. The summed E-state index contributed by atoms with van der Waals surface area (Å²) >= 11 is 0. The predicted molar refractivity (Wildman–Crippen MR) is 145 cm³/mol. The van der Waals surface area contributed by atoms with E-state index in [0.29, 0.717) is 35.4 Å². The first-order valence-electron chi connectivity index (χ1n) is 13.4. The number of imidazole rings is 1. The predicted octanol–water partition coefficient (Wildman–Crippen LogP) is 2.50. The van der Waals surface area contributed by atoms with Crippen LogP contribution in [0.2, 0.25) is 0 Å². The van der Waals surface area contributed by atoms with E-state index in [-0.39, 0.29) is 29.6 Å². The van der Waals surface area contributed by atoms with E-state index < -0.39 is 35.3 Å². The molecule has 4 aromatic rings. The normalized spacial score (nSPS) is 29.4. The molecule has 9 nitrogen and oxygen atoms in total. The standard InChI is InChI=1S/C30H26F2N6O3/c1-33-29(41)30-13-18(30)24(25(39)26(30)40)38-14-34-23-27(35-21-12-17(21)16-8-9-19(31)20(32)11-16)36-22(37-28(23)38)10-7-15-5-3-2-4-6-15/h2-6,8-9,11,14,17-18,21,24-26,39-40H,12-13H2,1H3,(H,33,41)(H,35,36,37)/t17-,18?,21+,24?,25?,26?,30?/m0/s1. The molecule has 2 aromatic heterocycles. The summed E-state index contributed by atoms with van der Waals surface area (Å²) in [6, 6.07) is 12.6. The molecular weight excluding hydrogens is 530 g/mol. The molecule has 7 atom stereocenters. The Morgan fingerprint density at radius 1 is 1.10 bits per heavy atom. The van der Waals surface area contributed by atoms with E-state index in [2.05, 4.69) is 37.4 Å². The number of anilines is 1. The number of amides is 1. The van der Waals surface area contributed by atoms with Crippen LogP contribution in [0.25, 0.3) is 11.2 Å². The maximum atomic E-state index is 13.8. The highest BCUT2D eigenvalue weighted by Crippen LogP contribution is 2.67. The zero-order valence-electron chi connectivity index (χ0n) is 21.9. The Labute approximate surface area is 233 Å². The van der Waals surface area contributed by atoms with Gasteiger partial charge < -0.3 is 25.4 Å². The van der Waals surface area contributed by atoms with Gasteiger partial charge in [-0.15, -0.1) is 0 Å². The Morgan fingerprint density at radius 3 is 2.66 bits per heavy atom. The molecule has 2 heterocycles. The largest absolute Gasteiger partial charge is 0.389 e. The van der Waals surface area contributed by atoms with Crippen LogP contribution in [-0.2, 0) is 4.79 Å². The molecule has 2 aromatic carbocycles. The van der Waals surface area contributed by atoms with Gasteiger partial charge in [0.25, 0.3) is 0 Å². The summed E-state index contributed by atoms with van der Waals surface area (Å²) in [4.78, 5) is 26.5. The van der Waals surface area contributed by atoms with Gasteiger partial charge in [0.15, 0.2) is 28.6 Å². The molecule has 0 saturated heterocycles. The van der Waals surface area contributed by atoms with Crippen LogP contribution in [0.5, 0.6) is 0 Å². The summed E-state index contributed by atoms with van der Waals surface area (Å²) < 4.78 is 29.0. The summed E-state index contributed by atoms with van der Waals surface area (Å²) in [6.07, 6.45) is 0.235. The minimum atomic E-state index is -1.23. The van der Waals surface area contributed by atoms with Gasteiger partial charge in [-0.2, -0.15) is 0 Å². The van der Waals surface area contributed by atoms with E-state index in [9.17, 15) is 23.8 Å². The molecule has 3 aliphatic rings. The van der Waals surface area contributed by atoms with E-state index in [1.54, 1.807) is 10.6 Å². The number of carbonyl (C=O) groups excluding carboxylic acids is 1. The summed E-state index contributed by atoms with van der Waals surface area (Å²) in [6.45, 7) is 0. The third-order valence-corrected chi connectivity index (χ3v) is 8.64. The molecule has 1 amide bonds. The Hall–Kier alpha value is -4.40. The number of benzene rings is 2. The molecule has 0 radical (unpaired) electrons. The summed E-state index contributed by atoms with van der Waals surface area (Å²) in [5, 5.41) is 27.9. The van der Waals surface area contributed by atoms with Gasteiger partial charge in [0, 0.05) is 30.5 Å². The Bertz CT molecular complexity index is 1750. The van der Waals surface area contributed by atoms with E-state index in [1.807, 2.05) is 30.3 Å². The number of halogens is 2. The van der Waals surface area contributed by atoms with E-state index in [1.165, 1.54) is 19.4 Å². The van der Waals surface area contributed by atoms with Gasteiger partial charge in [-0.05, 0) is 48.6 Å². The number of aliphatic hydroxyl groups is 2. The van der Waals surface area contributed by atoms with Crippen molar-refractivity contribution in [1.82, 2.24) is 24.8 Å². The molecule has 0 aliphatic heterocycles. The fourth-order valence-electron chi connectivity index (χ4n) is 6.37. The number of fused-ring (bicyclic) bond motifs is 2. The number of nitrogens with one attached hydrogen (secondary N) is 2. The SMILES string of the molecule is CNC(=O)C12CC1C(n1cnc3c(N[C@@H]4C[C@H]4c4ccc(F)c(F)c4)nc(C#Cc4ccccc4)nc31)C(O)C2O. The first-order chi connectivity index (χ1) is 19.8. The lowest BCUT2D eigenvalue weighted by Gasteiger charge is -2.23. The first-order valence-corrected chi connectivity index (χ1v) is 13.4. The van der Waals surface area contributed by atoms with Crippen LogP contribution in [0.3, 0.4) is 0 Å². The van der Waals surface area contributed by atoms with Crippen LogP contribution in [0.15, 0.2) is 54.9 Å². The Balaban J connectivity index is 1.26. The minimum absolute atomic E-state index is 0.0394. The molecule has 41 heavy (non-hydrogen) atoms. The van der Waals surface area contributed by atoms with Gasteiger partial charge in [0.1, 0.15) is 6.10 Å². The molecule has 3 fully saturated rings. The number of rotatable bonds is 5. The summed E-state index contributed by atoms with van der Waals surface area (Å²) in [7, 11) is 1.51. The third kappa shape index (κ3) is 4.05. The number of nitrogens with zero attached hydrogens (tertiary/aromatic N) is 4. The average Bonchev–Trinajstić information content (AvgIpc) is 3.86. The molecule has 0 bridgehead atoms. The second kappa shape index (κ2) is 9.33. The number of carbonyl (C=O) groups is 1. The first kappa shape index (κ1) is 25.6. The molecule has 11 heteroatoms. The maximum absolute atomic E-state index is 13.8. The Morgan fingerprint density at radius 2 is 1.90 bits per heavy atom. The van der Waals surface area contributed by atoms with E-state index in [4.69, 9.17) is 0 Å². The van der Waals surface area contributed by atoms with Gasteiger partial charge >= 0.3 is 0 Å². The van der Waals surface area contributed by atoms with Crippen molar-refractivity contribution in [2.75, 3.05) is 12.4 Å². The molecule has 0 spiro atoms. The van der Waals surface area contributed by atoms with Crippen molar-refractivity contribution in [1.29, 1.82) is 0 Å². The van der Waals surface area contributed by atoms with Gasteiger partial charge in [-0.1, -0.05) is 30.2 Å². The van der Waals surface area contributed by atoms with E-state index in [0.717, 1.165) is 11.6 Å². The lowest BCUT2D eigenvalue weighted by molar-refractivity contribution is -0.132. The number of aliphatic hydroxyl groups excluding tert-OH is 2. The lowest BCUT2D eigenvalue weighted by atomic mass is 9.98. The number of aromatic nitrogens is 4. The van der Waals surface area contributed by atoms with Crippen molar-refractivity contribution in [3.8, 4) is 11.8 Å². The van der Waals surface area contributed by atoms with Gasteiger partial charge in [0.05, 0.1) is 23.9 Å². The molecule has 7 rings (SSSR count). The third-order valence-electron chi connectivity index (χ3n) is 8.64. The highest BCUT2D eigenvalue weighted by Gasteiger charge is 2.75. The van der Waals surface area contributed by atoms with Crippen LogP contribution >= 0.6 is 0 Å². The fraction of sp³-hybridized carbons (Fsp3) is 0.333. The molecule has 208 valence electrons. The van der Waals surface area contributed by atoms with Crippen LogP contribution in [0.1, 0.15) is 41.8 Å². The summed E-state index contributed by atoms with van der Waals surface area (Å²) in [5.41, 5.74) is 1.25. The molecule has 4 N–H and O–H groups in total. The van der Waals surface area contributed by atoms with Crippen LogP contribution in [0.4, 0.5) is 14.6 Å². The minimum Gasteiger partial charge on any atom is -0.389 e. The van der Waals surface area contributed by atoms with Gasteiger partial charge in [0.2, 0.25) is 11.7 Å². The molecule has 5 unspecified atom stereocenters. The smallest absolute Gasteiger partial charge is 0.229 e. The van der Waals surface area contributed by atoms with Gasteiger partial charge in [-0.3, -0.25) is 4.79 Å². The zero-order chi connectivity index (χ0) is 28.5. The fourth-order valence-corrected chi connectivity index (χ4v) is 6.37. The zero-order valence-corrected chi connectivity index (χ0v) is 21.9. The molecular formula is C30H26F2N6O3. The van der Waals surface area contributed by atoms with Crippen molar-refractivity contribution in [2.45, 2.75) is 43.1 Å². The second-order valence-electron chi connectivity index (χ2n) is 11.0. The lowest BCUT2D eigenvalue weighted by Crippen LogP contribution is -2.41. The number of hydrogen-bond donors (Lipinski definition) is 4. The highest BCUT2D eigenvalue weighted by atomic mass is 19.2. The van der Waals surface area contributed by atoms with Crippen molar-refractivity contribution < 1.29 is 23.8 Å². The van der Waals surface area contributed by atoms with Crippen molar-refractivity contribution in [2.24, 2.45) is 11.3 Å². The Kier molecular flexibility index (Phi) is 5.81. The van der Waals surface area contributed by atoms with Crippen molar-refractivity contribution >= 4 is 22.9 Å². The number of hydrogen-bond acceptors (Lipinski definition) is 7. The van der Waals surface area contributed by atoms with Crippen molar-refractivity contribution in [3.63, 3.8) is 0 Å². The summed E-state index contributed by atoms with van der Waals surface area (Å²) in [5.74, 6) is 4.29. The monoisotopic (exact) mass is 556 g/mol. The molecule has 3 saturated carbocycles. The molecule has 3 aliphatic carbocycles. The van der Waals surface area contributed by atoms with Crippen LogP contribution < -0.4 is 10.6 Å². The maximum Gasteiger partial charge on any atom is 0.229 e. The van der Waals surface area contributed by atoms with Gasteiger partial charge in [-0.25, -0.2) is 23.7 Å². The van der Waals surface area contributed by atoms with Crippen LogP contribution in [0, 0.1) is 34.8 Å². The highest BCUT2D eigenvalue weighted by molar-refractivity contribution is 5.88. The van der Waals surface area contributed by atoms with E-state index >= 15 is 0 Å². The van der Waals surface area contributed by atoms with Crippen LogP contribution in [-0.4, -0.2) is 60.9 Å². The van der Waals surface area contributed by atoms with Crippen molar-refractivity contribution in [3.05, 3.63) is 83.4 Å². The average molecular weight is 557 g/mol.